The Labute approximate surface area is 121 Å². The summed E-state index contributed by atoms with van der Waals surface area (Å²) in [5.74, 6) is -0.408. The average molecular weight is 303 g/mol. The summed E-state index contributed by atoms with van der Waals surface area (Å²) in [6.45, 7) is 1.34. The Morgan fingerprint density at radius 1 is 1.00 bits per heavy atom. The van der Waals surface area contributed by atoms with Gasteiger partial charge in [-0.2, -0.15) is 0 Å². The van der Waals surface area contributed by atoms with Gasteiger partial charge in [0.05, 0.1) is 18.5 Å². The van der Waals surface area contributed by atoms with Crippen molar-refractivity contribution in [3.63, 3.8) is 0 Å². The Morgan fingerprint density at radius 2 is 1.55 bits per heavy atom. The number of ether oxygens (including phenoxy) is 2. The van der Waals surface area contributed by atoms with Crippen LogP contribution in [0.3, 0.4) is 0 Å². The molecule has 0 aromatic heterocycles. The molecular weight excluding hydrogens is 278 g/mol. The lowest BCUT2D eigenvalue weighted by Crippen LogP contribution is -2.47. The Kier molecular flexibility index (Phi) is 4.10. The van der Waals surface area contributed by atoms with Crippen LogP contribution in [0.2, 0.25) is 0 Å². The van der Waals surface area contributed by atoms with Crippen molar-refractivity contribution < 1.29 is 17.9 Å². The van der Waals surface area contributed by atoms with Crippen LogP contribution in [0, 0.1) is 0 Å². The quantitative estimate of drug-likeness (QED) is 0.799. The predicted octanol–water partition coefficient (Wildman–Crippen LogP) is 1.88. The summed E-state index contributed by atoms with van der Waals surface area (Å²) in [7, 11) is -1.37. The lowest BCUT2D eigenvalue weighted by molar-refractivity contribution is -0.181. The highest BCUT2D eigenvalue weighted by atomic mass is 32.2. The van der Waals surface area contributed by atoms with Gasteiger partial charge in [-0.05, 0) is 25.7 Å². The summed E-state index contributed by atoms with van der Waals surface area (Å²) in [6, 6.07) is 0.110. The van der Waals surface area contributed by atoms with Gasteiger partial charge in [-0.15, -0.1) is 0 Å². The molecule has 6 heteroatoms. The minimum Gasteiger partial charge on any atom is -0.348 e. The molecule has 116 valence electrons. The maximum Gasteiger partial charge on any atom is 0.216 e. The van der Waals surface area contributed by atoms with Crippen LogP contribution in [0.15, 0.2) is 0 Å². The topological polar surface area (TPSA) is 55.8 Å². The van der Waals surface area contributed by atoms with Crippen LogP contribution >= 0.6 is 0 Å². The highest BCUT2D eigenvalue weighted by molar-refractivity contribution is 7.89. The van der Waals surface area contributed by atoms with Gasteiger partial charge < -0.3 is 9.47 Å². The molecule has 2 aliphatic carbocycles. The summed E-state index contributed by atoms with van der Waals surface area (Å²) < 4.78 is 38.3. The molecule has 2 saturated carbocycles. The lowest BCUT2D eigenvalue weighted by atomic mass is 9.90. The molecule has 1 aliphatic heterocycles. The minimum absolute atomic E-state index is 0.110. The second-order valence-electron chi connectivity index (χ2n) is 6.31. The molecule has 0 aromatic carbocycles. The van der Waals surface area contributed by atoms with Crippen LogP contribution < -0.4 is 0 Å². The molecule has 3 fully saturated rings. The number of nitrogens with zero attached hydrogens (tertiary/aromatic N) is 1. The molecule has 0 aromatic rings. The molecule has 20 heavy (non-hydrogen) atoms. The van der Waals surface area contributed by atoms with Crippen molar-refractivity contribution in [2.24, 2.45) is 0 Å². The lowest BCUT2D eigenvalue weighted by Gasteiger charge is -2.39. The molecule has 5 nitrogen and oxygen atoms in total. The SMILES string of the molecule is CN(C1CCC2(CC1)OCCO2)S(=O)(=O)C1CCCC1. The van der Waals surface area contributed by atoms with Crippen molar-refractivity contribution in [2.45, 2.75) is 68.4 Å². The first-order valence-corrected chi connectivity index (χ1v) is 9.29. The fourth-order valence-corrected chi connectivity index (χ4v) is 5.85. The second kappa shape index (κ2) is 5.55. The average Bonchev–Trinajstić information content (AvgIpc) is 3.11. The van der Waals surface area contributed by atoms with Gasteiger partial charge in [0, 0.05) is 25.9 Å². The standard InChI is InChI=1S/C14H25NO4S/c1-15(20(16,17)13-4-2-3-5-13)12-6-8-14(9-7-12)18-10-11-19-14/h12-13H,2-11H2,1H3. The zero-order valence-corrected chi connectivity index (χ0v) is 13.0. The van der Waals surface area contributed by atoms with Gasteiger partial charge in [0.25, 0.3) is 0 Å². The first kappa shape index (κ1) is 14.8. The molecule has 3 rings (SSSR count). The van der Waals surface area contributed by atoms with E-state index >= 15 is 0 Å². The normalized spacial score (nSPS) is 28.7. The van der Waals surface area contributed by atoms with E-state index in [0.717, 1.165) is 51.4 Å². The Hall–Kier alpha value is -0.170. The maximum absolute atomic E-state index is 12.6. The third kappa shape index (κ3) is 2.63. The summed E-state index contributed by atoms with van der Waals surface area (Å²) >= 11 is 0. The molecule has 0 N–H and O–H groups in total. The molecule has 1 saturated heterocycles. The third-order valence-corrected chi connectivity index (χ3v) is 7.58. The molecule has 3 aliphatic rings. The van der Waals surface area contributed by atoms with E-state index in [4.69, 9.17) is 9.47 Å². The summed E-state index contributed by atoms with van der Waals surface area (Å²) in [5, 5.41) is -0.151. The van der Waals surface area contributed by atoms with Crippen molar-refractivity contribution in [1.82, 2.24) is 4.31 Å². The number of hydrogen-bond donors (Lipinski definition) is 0. The number of rotatable bonds is 3. The van der Waals surface area contributed by atoms with Crippen LogP contribution in [-0.4, -0.2) is 50.1 Å². The second-order valence-corrected chi connectivity index (χ2v) is 8.58. The van der Waals surface area contributed by atoms with E-state index in [1.807, 2.05) is 0 Å². The Balaban J connectivity index is 1.62. The first-order chi connectivity index (χ1) is 9.54. The molecule has 0 radical (unpaired) electrons. The fraction of sp³-hybridized carbons (Fsp3) is 1.00. The van der Waals surface area contributed by atoms with Crippen molar-refractivity contribution in [1.29, 1.82) is 0 Å². The van der Waals surface area contributed by atoms with Gasteiger partial charge in [0.1, 0.15) is 0 Å². The van der Waals surface area contributed by atoms with Gasteiger partial charge in [0.2, 0.25) is 10.0 Å². The van der Waals surface area contributed by atoms with Gasteiger partial charge >= 0.3 is 0 Å². The Bertz CT molecular complexity index is 428. The Morgan fingerprint density at radius 3 is 2.10 bits per heavy atom. The number of sulfonamides is 1. The van der Waals surface area contributed by atoms with Crippen LogP contribution in [0.1, 0.15) is 51.4 Å². The molecule has 1 spiro atoms. The predicted molar refractivity (Wildman–Crippen MR) is 75.8 cm³/mol. The first-order valence-electron chi connectivity index (χ1n) is 7.78. The zero-order chi connectivity index (χ0) is 14.2. The molecule has 0 unspecified atom stereocenters. The maximum atomic E-state index is 12.6. The van der Waals surface area contributed by atoms with Crippen LogP contribution in [0.5, 0.6) is 0 Å². The highest BCUT2D eigenvalue weighted by Crippen LogP contribution is 2.38. The van der Waals surface area contributed by atoms with Crippen LogP contribution in [-0.2, 0) is 19.5 Å². The molecule has 0 atom stereocenters. The third-order valence-electron chi connectivity index (χ3n) is 5.17. The molecule has 0 amide bonds. The minimum atomic E-state index is -3.12. The molecule has 1 heterocycles. The fourth-order valence-electron chi connectivity index (χ4n) is 3.82. The van der Waals surface area contributed by atoms with E-state index in [2.05, 4.69) is 0 Å². The van der Waals surface area contributed by atoms with Crippen molar-refractivity contribution in [3.05, 3.63) is 0 Å². The smallest absolute Gasteiger partial charge is 0.216 e. The zero-order valence-electron chi connectivity index (χ0n) is 12.2. The summed E-state index contributed by atoms with van der Waals surface area (Å²) in [4.78, 5) is 0. The van der Waals surface area contributed by atoms with E-state index in [9.17, 15) is 8.42 Å². The van der Waals surface area contributed by atoms with Crippen molar-refractivity contribution in [3.8, 4) is 0 Å². The number of hydrogen-bond acceptors (Lipinski definition) is 4. The van der Waals surface area contributed by atoms with E-state index in [0.29, 0.717) is 13.2 Å². The van der Waals surface area contributed by atoms with Gasteiger partial charge in [0.15, 0.2) is 5.79 Å². The van der Waals surface area contributed by atoms with Crippen molar-refractivity contribution >= 4 is 10.0 Å². The van der Waals surface area contributed by atoms with Crippen LogP contribution in [0.4, 0.5) is 0 Å². The van der Waals surface area contributed by atoms with E-state index in [-0.39, 0.29) is 11.3 Å². The summed E-state index contributed by atoms with van der Waals surface area (Å²) in [5.41, 5.74) is 0. The largest absolute Gasteiger partial charge is 0.348 e. The summed E-state index contributed by atoms with van der Waals surface area (Å²) in [6.07, 6.45) is 7.04. The van der Waals surface area contributed by atoms with Gasteiger partial charge in [-0.25, -0.2) is 12.7 Å². The van der Waals surface area contributed by atoms with E-state index in [1.54, 1.807) is 11.4 Å². The van der Waals surface area contributed by atoms with Gasteiger partial charge in [-0.3, -0.25) is 0 Å². The van der Waals surface area contributed by atoms with E-state index in [1.165, 1.54) is 0 Å². The van der Waals surface area contributed by atoms with Crippen LogP contribution in [0.25, 0.3) is 0 Å². The monoisotopic (exact) mass is 303 g/mol. The molecular formula is C14H25NO4S. The molecule has 0 bridgehead atoms. The van der Waals surface area contributed by atoms with Crippen molar-refractivity contribution in [2.75, 3.05) is 20.3 Å². The highest BCUT2D eigenvalue weighted by Gasteiger charge is 2.44. The van der Waals surface area contributed by atoms with Gasteiger partial charge in [-0.1, -0.05) is 12.8 Å². The van der Waals surface area contributed by atoms with E-state index < -0.39 is 15.8 Å².